The molecule has 5 heteroatoms. The van der Waals surface area contributed by atoms with Gasteiger partial charge in [0.2, 0.25) is 0 Å². The Bertz CT molecular complexity index is 950. The van der Waals surface area contributed by atoms with E-state index in [0.717, 1.165) is 55.5 Å². The molecule has 1 amide bonds. The van der Waals surface area contributed by atoms with E-state index in [1.165, 1.54) is 6.07 Å². The fraction of sp³-hybridized carbons (Fsp3) is 0.375. The second-order valence-electron chi connectivity index (χ2n) is 7.99. The number of likely N-dealkylation sites (tertiary alicyclic amines) is 1. The number of para-hydroxylation sites is 1. The molecule has 0 radical (unpaired) electrons. The Morgan fingerprint density at radius 1 is 1.21 bits per heavy atom. The van der Waals surface area contributed by atoms with Gasteiger partial charge in [0, 0.05) is 37.1 Å². The lowest BCUT2D eigenvalue weighted by atomic mass is 9.96. The Kier molecular flexibility index (Phi) is 5.95. The molecule has 1 atom stereocenters. The van der Waals surface area contributed by atoms with Crippen LogP contribution >= 0.6 is 0 Å². The van der Waals surface area contributed by atoms with Gasteiger partial charge in [-0.05, 0) is 62.1 Å². The number of aromatic amines is 1. The zero-order valence-electron chi connectivity index (χ0n) is 16.9. The Hall–Kier alpha value is -2.66. The second-order valence-corrected chi connectivity index (χ2v) is 7.99. The molecule has 2 heterocycles. The summed E-state index contributed by atoms with van der Waals surface area (Å²) in [6.45, 7) is 6.20. The van der Waals surface area contributed by atoms with E-state index in [1.807, 2.05) is 48.2 Å². The van der Waals surface area contributed by atoms with Crippen LogP contribution in [0.25, 0.3) is 10.9 Å². The highest BCUT2D eigenvalue weighted by Crippen LogP contribution is 2.22. The summed E-state index contributed by atoms with van der Waals surface area (Å²) < 4.78 is 13.5. The Morgan fingerprint density at radius 2 is 2.07 bits per heavy atom. The van der Waals surface area contributed by atoms with Crippen LogP contribution in [0.3, 0.4) is 0 Å². The maximum atomic E-state index is 13.5. The van der Waals surface area contributed by atoms with Gasteiger partial charge in [0.15, 0.2) is 0 Å². The number of H-pyrrole nitrogens is 1. The van der Waals surface area contributed by atoms with E-state index in [-0.39, 0.29) is 11.7 Å². The molecule has 4 nitrogen and oxygen atoms in total. The third kappa shape index (κ3) is 4.67. The van der Waals surface area contributed by atoms with Crippen molar-refractivity contribution in [2.24, 2.45) is 5.92 Å². The maximum absolute atomic E-state index is 13.5. The van der Waals surface area contributed by atoms with Gasteiger partial charge in [0.25, 0.3) is 5.91 Å². The molecule has 1 aliphatic rings. The number of aromatic nitrogens is 1. The SMILES string of the molecule is CCN(CC1CCCN(Cc2cccc(F)c2)C1)C(=O)c1cc2ccccc2[nH]1. The molecular weight excluding hydrogens is 365 g/mol. The average molecular weight is 394 g/mol. The number of nitrogens with one attached hydrogen (secondary N) is 1. The Labute approximate surface area is 171 Å². The molecule has 1 unspecified atom stereocenters. The first-order chi connectivity index (χ1) is 14.1. The lowest BCUT2D eigenvalue weighted by molar-refractivity contribution is 0.0680. The third-order valence-electron chi connectivity index (χ3n) is 5.81. The van der Waals surface area contributed by atoms with Crippen molar-refractivity contribution < 1.29 is 9.18 Å². The molecule has 1 aliphatic heterocycles. The van der Waals surface area contributed by atoms with E-state index in [1.54, 1.807) is 12.1 Å². The molecule has 152 valence electrons. The van der Waals surface area contributed by atoms with Crippen molar-refractivity contribution in [3.8, 4) is 0 Å². The molecule has 1 aromatic heterocycles. The molecule has 0 saturated carbocycles. The van der Waals surface area contributed by atoms with Crippen LogP contribution in [0, 0.1) is 11.7 Å². The number of benzene rings is 2. The molecular formula is C24H28FN3O. The van der Waals surface area contributed by atoms with E-state index < -0.39 is 0 Å². The number of hydrogen-bond acceptors (Lipinski definition) is 2. The van der Waals surface area contributed by atoms with E-state index in [0.29, 0.717) is 18.2 Å². The van der Waals surface area contributed by atoms with E-state index in [4.69, 9.17) is 0 Å². The fourth-order valence-electron chi connectivity index (χ4n) is 4.36. The van der Waals surface area contributed by atoms with E-state index >= 15 is 0 Å². The van der Waals surface area contributed by atoms with Crippen LogP contribution in [-0.4, -0.2) is 46.9 Å². The molecule has 1 fully saturated rings. The molecule has 3 aromatic rings. The number of rotatable bonds is 6. The number of fused-ring (bicyclic) bond motifs is 1. The van der Waals surface area contributed by atoms with Crippen LogP contribution < -0.4 is 0 Å². The highest BCUT2D eigenvalue weighted by molar-refractivity contribution is 5.98. The number of carbonyl (C=O) groups excluding carboxylic acids is 1. The van der Waals surface area contributed by atoms with Crippen molar-refractivity contribution >= 4 is 16.8 Å². The summed E-state index contributed by atoms with van der Waals surface area (Å²) in [5.74, 6) is 0.314. The highest BCUT2D eigenvalue weighted by atomic mass is 19.1. The molecule has 29 heavy (non-hydrogen) atoms. The van der Waals surface area contributed by atoms with Crippen molar-refractivity contribution in [1.82, 2.24) is 14.8 Å². The van der Waals surface area contributed by atoms with E-state index in [9.17, 15) is 9.18 Å². The summed E-state index contributed by atoms with van der Waals surface area (Å²) in [4.78, 5) is 20.7. The van der Waals surface area contributed by atoms with Gasteiger partial charge < -0.3 is 9.88 Å². The molecule has 4 rings (SSSR count). The summed E-state index contributed by atoms with van der Waals surface area (Å²) in [6, 6.07) is 16.7. The lowest BCUT2D eigenvalue weighted by Gasteiger charge is -2.35. The Balaban J connectivity index is 1.40. The number of halogens is 1. The Morgan fingerprint density at radius 3 is 2.86 bits per heavy atom. The zero-order valence-corrected chi connectivity index (χ0v) is 16.9. The quantitative estimate of drug-likeness (QED) is 0.660. The minimum Gasteiger partial charge on any atom is -0.351 e. The van der Waals surface area contributed by atoms with Crippen LogP contribution in [-0.2, 0) is 6.54 Å². The minimum atomic E-state index is -0.183. The van der Waals surface area contributed by atoms with Crippen molar-refractivity contribution in [1.29, 1.82) is 0 Å². The molecule has 1 saturated heterocycles. The largest absolute Gasteiger partial charge is 0.351 e. The minimum absolute atomic E-state index is 0.0611. The van der Waals surface area contributed by atoms with Crippen LogP contribution in [0.15, 0.2) is 54.6 Å². The molecule has 2 aromatic carbocycles. The van der Waals surface area contributed by atoms with Crippen LogP contribution in [0.5, 0.6) is 0 Å². The van der Waals surface area contributed by atoms with Gasteiger partial charge in [-0.3, -0.25) is 9.69 Å². The number of nitrogens with zero attached hydrogens (tertiary/aromatic N) is 2. The zero-order chi connectivity index (χ0) is 20.2. The van der Waals surface area contributed by atoms with Crippen molar-refractivity contribution in [2.75, 3.05) is 26.2 Å². The van der Waals surface area contributed by atoms with Crippen molar-refractivity contribution in [3.63, 3.8) is 0 Å². The molecule has 0 bridgehead atoms. The first kappa shape index (κ1) is 19.6. The van der Waals surface area contributed by atoms with Gasteiger partial charge in [0.05, 0.1) is 0 Å². The van der Waals surface area contributed by atoms with Gasteiger partial charge in [-0.2, -0.15) is 0 Å². The monoisotopic (exact) mass is 393 g/mol. The van der Waals surface area contributed by atoms with Gasteiger partial charge in [-0.25, -0.2) is 4.39 Å². The standard InChI is InChI=1S/C24H28FN3O/c1-2-28(24(29)23-14-20-9-3-4-11-22(20)26-23)17-19-8-6-12-27(16-19)15-18-7-5-10-21(25)13-18/h3-5,7,9-11,13-14,19,26H,2,6,8,12,15-17H2,1H3. The number of amides is 1. The average Bonchev–Trinajstić information content (AvgIpc) is 3.16. The number of hydrogen-bond donors (Lipinski definition) is 1. The van der Waals surface area contributed by atoms with Crippen molar-refractivity contribution in [2.45, 2.75) is 26.3 Å². The highest BCUT2D eigenvalue weighted by Gasteiger charge is 2.25. The first-order valence-electron chi connectivity index (χ1n) is 10.5. The predicted molar refractivity (Wildman–Crippen MR) is 114 cm³/mol. The second kappa shape index (κ2) is 8.78. The molecule has 0 aliphatic carbocycles. The summed E-state index contributed by atoms with van der Waals surface area (Å²) >= 11 is 0. The maximum Gasteiger partial charge on any atom is 0.270 e. The molecule has 0 spiro atoms. The van der Waals surface area contributed by atoms with Gasteiger partial charge >= 0.3 is 0 Å². The lowest BCUT2D eigenvalue weighted by Crippen LogP contribution is -2.42. The molecule has 1 N–H and O–H groups in total. The normalized spacial score (nSPS) is 17.5. The smallest absolute Gasteiger partial charge is 0.270 e. The van der Waals surface area contributed by atoms with Crippen molar-refractivity contribution in [3.05, 3.63) is 71.7 Å². The third-order valence-corrected chi connectivity index (χ3v) is 5.81. The summed E-state index contributed by atoms with van der Waals surface area (Å²) in [5.41, 5.74) is 2.65. The topological polar surface area (TPSA) is 39.3 Å². The number of carbonyl (C=O) groups is 1. The number of piperidine rings is 1. The van der Waals surface area contributed by atoms with E-state index in [2.05, 4.69) is 9.88 Å². The predicted octanol–water partition coefficient (Wildman–Crippen LogP) is 4.68. The summed E-state index contributed by atoms with van der Waals surface area (Å²) in [7, 11) is 0. The summed E-state index contributed by atoms with van der Waals surface area (Å²) in [6.07, 6.45) is 2.23. The van der Waals surface area contributed by atoms with Crippen LogP contribution in [0.4, 0.5) is 4.39 Å². The van der Waals surface area contributed by atoms with Crippen LogP contribution in [0.2, 0.25) is 0 Å². The van der Waals surface area contributed by atoms with Gasteiger partial charge in [0.1, 0.15) is 11.5 Å². The van der Waals surface area contributed by atoms with Crippen LogP contribution in [0.1, 0.15) is 35.8 Å². The van der Waals surface area contributed by atoms with Gasteiger partial charge in [-0.15, -0.1) is 0 Å². The summed E-state index contributed by atoms with van der Waals surface area (Å²) in [5, 5.41) is 1.06. The van der Waals surface area contributed by atoms with Gasteiger partial charge in [-0.1, -0.05) is 30.3 Å². The first-order valence-corrected chi connectivity index (χ1v) is 10.5. The fourth-order valence-corrected chi connectivity index (χ4v) is 4.36.